The predicted molar refractivity (Wildman–Crippen MR) is 58.3 cm³/mol. The van der Waals surface area contributed by atoms with Gasteiger partial charge in [0.2, 0.25) is 0 Å². The minimum Gasteiger partial charge on any atom is -0.508 e. The summed E-state index contributed by atoms with van der Waals surface area (Å²) in [5.74, 6) is 0.868. The van der Waals surface area contributed by atoms with Crippen LogP contribution in [-0.2, 0) is 0 Å². The van der Waals surface area contributed by atoms with Gasteiger partial charge in [-0.25, -0.2) is 14.6 Å². The van der Waals surface area contributed by atoms with Gasteiger partial charge in [-0.2, -0.15) is 5.10 Å². The van der Waals surface area contributed by atoms with E-state index in [1.54, 1.807) is 29.3 Å². The van der Waals surface area contributed by atoms with Gasteiger partial charge in [0.15, 0.2) is 5.82 Å². The lowest BCUT2D eigenvalue weighted by Gasteiger charge is -2.04. The topological polar surface area (TPSA) is 63.8 Å². The van der Waals surface area contributed by atoms with E-state index in [-0.39, 0.29) is 5.75 Å². The van der Waals surface area contributed by atoms with Crippen LogP contribution in [0.4, 0.5) is 0 Å². The Morgan fingerprint density at radius 1 is 1.19 bits per heavy atom. The minimum absolute atomic E-state index is 0.210. The second-order valence-electron chi connectivity index (χ2n) is 3.38. The molecule has 0 aliphatic heterocycles. The van der Waals surface area contributed by atoms with Crippen molar-refractivity contribution in [1.82, 2.24) is 19.7 Å². The van der Waals surface area contributed by atoms with Gasteiger partial charge < -0.3 is 5.11 Å². The number of pyridine rings is 1. The van der Waals surface area contributed by atoms with Gasteiger partial charge in [0, 0.05) is 11.6 Å². The largest absolute Gasteiger partial charge is 0.508 e. The first-order valence-electron chi connectivity index (χ1n) is 4.77. The maximum atomic E-state index is 9.48. The fourth-order valence-electron chi connectivity index (χ4n) is 1.64. The summed E-state index contributed by atoms with van der Waals surface area (Å²) in [6, 6.07) is 7.04. The van der Waals surface area contributed by atoms with Crippen LogP contribution in [0.5, 0.6) is 5.75 Å². The molecule has 0 spiro atoms. The molecule has 0 amide bonds. The molecule has 16 heavy (non-hydrogen) atoms. The van der Waals surface area contributed by atoms with Gasteiger partial charge >= 0.3 is 0 Å². The lowest BCUT2D eigenvalue weighted by Crippen LogP contribution is -1.98. The molecule has 0 aliphatic rings. The molecule has 0 unspecified atom stereocenters. The van der Waals surface area contributed by atoms with E-state index in [9.17, 15) is 5.11 Å². The van der Waals surface area contributed by atoms with E-state index in [0.717, 1.165) is 10.8 Å². The number of aromatic nitrogens is 4. The van der Waals surface area contributed by atoms with E-state index in [4.69, 9.17) is 0 Å². The van der Waals surface area contributed by atoms with Crippen LogP contribution < -0.4 is 0 Å². The second kappa shape index (κ2) is 3.30. The van der Waals surface area contributed by atoms with Gasteiger partial charge in [-0.05, 0) is 23.6 Å². The second-order valence-corrected chi connectivity index (χ2v) is 3.38. The highest BCUT2D eigenvalue weighted by molar-refractivity contribution is 5.89. The summed E-state index contributed by atoms with van der Waals surface area (Å²) >= 11 is 0. The van der Waals surface area contributed by atoms with Gasteiger partial charge in [0.05, 0.1) is 0 Å². The zero-order valence-electron chi connectivity index (χ0n) is 8.28. The summed E-state index contributed by atoms with van der Waals surface area (Å²) in [4.78, 5) is 8.12. The van der Waals surface area contributed by atoms with Crippen LogP contribution in [0.2, 0.25) is 0 Å². The van der Waals surface area contributed by atoms with Crippen molar-refractivity contribution in [3.63, 3.8) is 0 Å². The number of rotatable bonds is 1. The summed E-state index contributed by atoms with van der Waals surface area (Å²) in [6.07, 6.45) is 4.73. The Hall–Kier alpha value is -2.43. The normalized spacial score (nSPS) is 10.8. The Balaban J connectivity index is 2.36. The zero-order chi connectivity index (χ0) is 11.0. The van der Waals surface area contributed by atoms with Crippen molar-refractivity contribution in [1.29, 1.82) is 0 Å². The Bertz CT molecular complexity index is 634. The van der Waals surface area contributed by atoms with Crippen molar-refractivity contribution in [3.8, 4) is 11.6 Å². The summed E-state index contributed by atoms with van der Waals surface area (Å²) < 4.78 is 1.57. The third kappa shape index (κ3) is 1.30. The highest BCUT2D eigenvalue weighted by atomic mass is 16.3. The van der Waals surface area contributed by atoms with Crippen molar-refractivity contribution in [2.24, 2.45) is 0 Å². The first kappa shape index (κ1) is 8.84. The maximum Gasteiger partial charge on any atom is 0.163 e. The third-order valence-corrected chi connectivity index (χ3v) is 2.36. The number of fused-ring (bicyclic) bond motifs is 1. The van der Waals surface area contributed by atoms with Crippen LogP contribution in [0, 0.1) is 0 Å². The van der Waals surface area contributed by atoms with Crippen LogP contribution in [0.3, 0.4) is 0 Å². The molecule has 5 heteroatoms. The van der Waals surface area contributed by atoms with Gasteiger partial charge in [-0.15, -0.1) is 0 Å². The van der Waals surface area contributed by atoms with Gasteiger partial charge in [-0.1, -0.05) is 6.07 Å². The SMILES string of the molecule is Oc1ccc2ccnc(-n3cncn3)c2c1. The van der Waals surface area contributed by atoms with Crippen molar-refractivity contribution >= 4 is 10.8 Å². The number of hydrogen-bond acceptors (Lipinski definition) is 4. The summed E-state index contributed by atoms with van der Waals surface area (Å²) in [6.45, 7) is 0. The number of phenolic OH excluding ortho intramolecular Hbond substituents is 1. The highest BCUT2D eigenvalue weighted by Gasteiger charge is 2.05. The molecule has 0 radical (unpaired) electrons. The molecule has 1 N–H and O–H groups in total. The van der Waals surface area contributed by atoms with Crippen LogP contribution in [0.1, 0.15) is 0 Å². The number of hydrogen-bond donors (Lipinski definition) is 1. The highest BCUT2D eigenvalue weighted by Crippen LogP contribution is 2.23. The van der Waals surface area contributed by atoms with E-state index in [0.29, 0.717) is 5.82 Å². The molecule has 3 rings (SSSR count). The maximum absolute atomic E-state index is 9.48. The molecule has 2 heterocycles. The average molecular weight is 212 g/mol. The molecule has 3 aromatic rings. The van der Waals surface area contributed by atoms with Crippen molar-refractivity contribution in [2.75, 3.05) is 0 Å². The smallest absolute Gasteiger partial charge is 0.163 e. The van der Waals surface area contributed by atoms with Crippen LogP contribution in [0.15, 0.2) is 43.1 Å². The third-order valence-electron chi connectivity index (χ3n) is 2.36. The van der Waals surface area contributed by atoms with E-state index in [1.807, 2.05) is 12.1 Å². The van der Waals surface area contributed by atoms with Gasteiger partial charge in [0.25, 0.3) is 0 Å². The Labute approximate surface area is 91.0 Å². The molecule has 78 valence electrons. The van der Waals surface area contributed by atoms with E-state index in [1.165, 1.54) is 6.33 Å². The molecule has 0 fully saturated rings. The van der Waals surface area contributed by atoms with Crippen LogP contribution in [-0.4, -0.2) is 24.9 Å². The monoisotopic (exact) mass is 212 g/mol. The Morgan fingerprint density at radius 3 is 2.94 bits per heavy atom. The molecular formula is C11H8N4O. The predicted octanol–water partition coefficient (Wildman–Crippen LogP) is 1.52. The van der Waals surface area contributed by atoms with Crippen molar-refractivity contribution in [3.05, 3.63) is 43.1 Å². The summed E-state index contributed by atoms with van der Waals surface area (Å²) in [5, 5.41) is 15.3. The molecular weight excluding hydrogens is 204 g/mol. The molecule has 0 atom stereocenters. The number of benzene rings is 1. The fourth-order valence-corrected chi connectivity index (χ4v) is 1.64. The molecule has 0 aliphatic carbocycles. The fraction of sp³-hybridized carbons (Fsp3) is 0. The quantitative estimate of drug-likeness (QED) is 0.664. The number of nitrogens with zero attached hydrogens (tertiary/aromatic N) is 4. The Morgan fingerprint density at radius 2 is 2.12 bits per heavy atom. The molecule has 0 saturated heterocycles. The Kier molecular flexibility index (Phi) is 1.83. The lowest BCUT2D eigenvalue weighted by atomic mass is 10.1. The molecule has 2 aromatic heterocycles. The van der Waals surface area contributed by atoms with Crippen LogP contribution >= 0.6 is 0 Å². The molecule has 5 nitrogen and oxygen atoms in total. The van der Waals surface area contributed by atoms with Crippen LogP contribution in [0.25, 0.3) is 16.6 Å². The standard InChI is InChI=1S/C11H8N4O/c16-9-2-1-8-3-4-13-11(10(8)5-9)15-7-12-6-14-15/h1-7,16H. The van der Waals surface area contributed by atoms with Crippen molar-refractivity contribution < 1.29 is 5.11 Å². The number of phenols is 1. The van der Waals surface area contributed by atoms with E-state index >= 15 is 0 Å². The summed E-state index contributed by atoms with van der Waals surface area (Å²) in [7, 11) is 0. The molecule has 0 bridgehead atoms. The molecule has 1 aromatic carbocycles. The van der Waals surface area contributed by atoms with E-state index in [2.05, 4.69) is 15.1 Å². The van der Waals surface area contributed by atoms with E-state index < -0.39 is 0 Å². The average Bonchev–Trinajstić information content (AvgIpc) is 2.81. The lowest BCUT2D eigenvalue weighted by molar-refractivity contribution is 0.476. The minimum atomic E-state index is 0.210. The first-order chi connectivity index (χ1) is 7.84. The summed E-state index contributed by atoms with van der Waals surface area (Å²) in [5.41, 5.74) is 0. The zero-order valence-corrected chi connectivity index (χ0v) is 8.28. The molecule has 0 saturated carbocycles. The first-order valence-corrected chi connectivity index (χ1v) is 4.77. The van der Waals surface area contributed by atoms with Crippen molar-refractivity contribution in [2.45, 2.75) is 0 Å². The van der Waals surface area contributed by atoms with Gasteiger partial charge in [-0.3, -0.25) is 0 Å². The van der Waals surface area contributed by atoms with Gasteiger partial charge in [0.1, 0.15) is 18.4 Å². The number of aromatic hydroxyl groups is 1.